The summed E-state index contributed by atoms with van der Waals surface area (Å²) in [5, 5.41) is 2.75. The molecule has 0 unspecified atom stereocenters. The lowest BCUT2D eigenvalue weighted by Crippen LogP contribution is -2.37. The van der Waals surface area contributed by atoms with Gasteiger partial charge in [-0.2, -0.15) is 0 Å². The molecule has 2 saturated carbocycles. The number of imide groups is 1. The number of amides is 3. The molecule has 3 amide bonds. The maximum Gasteiger partial charge on any atom is 0.308 e. The fourth-order valence-electron chi connectivity index (χ4n) is 5.24. The minimum absolute atomic E-state index is 0.0125. The number of anilines is 1. The largest absolute Gasteiger partial charge is 0.456 e. The van der Waals surface area contributed by atoms with Gasteiger partial charge in [-0.25, -0.2) is 0 Å². The van der Waals surface area contributed by atoms with E-state index in [1.54, 1.807) is 0 Å². The molecule has 1 saturated heterocycles. The van der Waals surface area contributed by atoms with Gasteiger partial charge in [0.25, 0.3) is 5.91 Å². The van der Waals surface area contributed by atoms with Crippen LogP contribution in [0, 0.1) is 37.5 Å². The number of rotatable bonds is 6. The Balaban J connectivity index is 1.27. The first-order valence-corrected chi connectivity index (χ1v) is 12.2. The van der Waals surface area contributed by atoms with Crippen molar-refractivity contribution in [3.63, 3.8) is 0 Å². The van der Waals surface area contributed by atoms with Crippen LogP contribution < -0.4 is 5.32 Å². The highest BCUT2D eigenvalue weighted by atomic mass is 79.9. The lowest BCUT2D eigenvalue weighted by molar-refractivity contribution is -0.149. The van der Waals surface area contributed by atoms with E-state index in [1.807, 2.05) is 32.0 Å². The van der Waals surface area contributed by atoms with Crippen molar-refractivity contribution < 1.29 is 23.9 Å². The van der Waals surface area contributed by atoms with Crippen LogP contribution in [0.2, 0.25) is 0 Å². The standard InChI is InChI=1S/C22H24Br2N2O5/c1-10-4-3-5-11(2)20(10)25-14(27)9-31-15(28)6-7-26-21(29)16-12-8-13(17(16)22(26)30)19(24)18(12)23/h3-5,12-13,16-19H,6-9H2,1-2H3,(H,25,27)/t12-,13-,16-,17-,18-,19+/m1/s1. The Morgan fingerprint density at radius 1 is 1.06 bits per heavy atom. The number of fused-ring (bicyclic) bond motifs is 5. The van der Waals surface area contributed by atoms with Gasteiger partial charge in [0, 0.05) is 21.9 Å². The van der Waals surface area contributed by atoms with Crippen molar-refractivity contribution in [3.05, 3.63) is 29.3 Å². The van der Waals surface area contributed by atoms with Gasteiger partial charge in [-0.1, -0.05) is 50.1 Å². The third kappa shape index (κ3) is 3.95. The monoisotopic (exact) mass is 554 g/mol. The van der Waals surface area contributed by atoms with E-state index in [2.05, 4.69) is 37.2 Å². The number of carbonyl (C=O) groups is 4. The number of alkyl halides is 2. The normalized spacial score (nSPS) is 31.2. The fraction of sp³-hybridized carbons (Fsp3) is 0.545. The van der Waals surface area contributed by atoms with Crippen LogP contribution in [-0.4, -0.2) is 51.4 Å². The molecule has 2 bridgehead atoms. The number of esters is 1. The molecular weight excluding hydrogens is 532 g/mol. The zero-order valence-electron chi connectivity index (χ0n) is 17.3. The number of halogens is 2. The van der Waals surface area contributed by atoms with Gasteiger partial charge in [0.15, 0.2) is 6.61 Å². The number of nitrogens with zero attached hydrogens (tertiary/aromatic N) is 1. The minimum atomic E-state index is -0.617. The van der Waals surface area contributed by atoms with Crippen molar-refractivity contribution in [1.82, 2.24) is 4.90 Å². The summed E-state index contributed by atoms with van der Waals surface area (Å²) in [5.41, 5.74) is 2.54. The highest BCUT2D eigenvalue weighted by Gasteiger charge is 2.66. The summed E-state index contributed by atoms with van der Waals surface area (Å²) in [6, 6.07) is 5.67. The Kier molecular flexibility index (Phi) is 6.27. The second-order valence-electron chi connectivity index (χ2n) is 8.56. The molecule has 1 aromatic rings. The molecular formula is C22H24Br2N2O5. The third-order valence-electron chi connectivity index (χ3n) is 6.73. The van der Waals surface area contributed by atoms with Gasteiger partial charge < -0.3 is 10.1 Å². The number of likely N-dealkylation sites (tertiary alicyclic amines) is 1. The molecule has 0 spiro atoms. The van der Waals surface area contributed by atoms with Gasteiger partial charge in [-0.15, -0.1) is 0 Å². The van der Waals surface area contributed by atoms with E-state index in [-0.39, 0.29) is 58.1 Å². The van der Waals surface area contributed by atoms with Crippen molar-refractivity contribution >= 4 is 61.2 Å². The van der Waals surface area contributed by atoms with Crippen LogP contribution >= 0.6 is 31.9 Å². The molecule has 1 aliphatic heterocycles. The van der Waals surface area contributed by atoms with Crippen LogP contribution in [0.5, 0.6) is 0 Å². The van der Waals surface area contributed by atoms with Crippen LogP contribution in [0.4, 0.5) is 5.69 Å². The van der Waals surface area contributed by atoms with E-state index in [4.69, 9.17) is 4.74 Å². The Morgan fingerprint density at radius 2 is 1.61 bits per heavy atom. The number of carbonyl (C=O) groups excluding carboxylic acids is 4. The molecule has 6 atom stereocenters. The molecule has 3 fully saturated rings. The maximum absolute atomic E-state index is 12.8. The third-order valence-corrected chi connectivity index (χ3v) is 9.93. The molecule has 3 aliphatic rings. The fourth-order valence-corrected chi connectivity index (χ4v) is 7.11. The number of ether oxygens (including phenoxy) is 1. The van der Waals surface area contributed by atoms with Crippen molar-refractivity contribution in [2.75, 3.05) is 18.5 Å². The Bertz CT molecular complexity index is 900. The molecule has 4 rings (SSSR count). The average molecular weight is 556 g/mol. The Hall–Kier alpha value is -1.74. The first-order chi connectivity index (χ1) is 14.7. The van der Waals surface area contributed by atoms with Gasteiger partial charge in [-0.05, 0) is 43.2 Å². The topological polar surface area (TPSA) is 92.8 Å². The smallest absolute Gasteiger partial charge is 0.308 e. The predicted molar refractivity (Wildman–Crippen MR) is 121 cm³/mol. The van der Waals surface area contributed by atoms with E-state index in [0.29, 0.717) is 5.69 Å². The van der Waals surface area contributed by atoms with Gasteiger partial charge in [0.2, 0.25) is 11.8 Å². The number of hydrogen-bond acceptors (Lipinski definition) is 5. The summed E-state index contributed by atoms with van der Waals surface area (Å²) >= 11 is 7.30. The van der Waals surface area contributed by atoms with Gasteiger partial charge in [-0.3, -0.25) is 24.1 Å². The lowest BCUT2D eigenvalue weighted by atomic mass is 9.81. The van der Waals surface area contributed by atoms with Gasteiger partial charge >= 0.3 is 5.97 Å². The summed E-state index contributed by atoms with van der Waals surface area (Å²) in [4.78, 5) is 51.5. The predicted octanol–water partition coefficient (Wildman–Crippen LogP) is 2.95. The van der Waals surface area contributed by atoms with Gasteiger partial charge in [0.1, 0.15) is 0 Å². The average Bonchev–Trinajstić information content (AvgIpc) is 3.33. The van der Waals surface area contributed by atoms with E-state index < -0.39 is 18.5 Å². The first-order valence-electron chi connectivity index (χ1n) is 10.4. The minimum Gasteiger partial charge on any atom is -0.456 e. The van der Waals surface area contributed by atoms with Crippen LogP contribution in [-0.2, 0) is 23.9 Å². The summed E-state index contributed by atoms with van der Waals surface area (Å²) in [7, 11) is 0. The van der Waals surface area contributed by atoms with Crippen LogP contribution in [0.1, 0.15) is 24.0 Å². The van der Waals surface area contributed by atoms with E-state index in [0.717, 1.165) is 17.5 Å². The summed E-state index contributed by atoms with van der Waals surface area (Å²) < 4.78 is 5.05. The maximum atomic E-state index is 12.8. The summed E-state index contributed by atoms with van der Waals surface area (Å²) in [6.45, 7) is 3.34. The van der Waals surface area contributed by atoms with Crippen LogP contribution in [0.15, 0.2) is 18.2 Å². The molecule has 1 heterocycles. The lowest BCUT2D eigenvalue weighted by Gasteiger charge is -2.28. The number of hydrogen-bond donors (Lipinski definition) is 1. The number of benzene rings is 1. The van der Waals surface area contributed by atoms with Gasteiger partial charge in [0.05, 0.1) is 18.3 Å². The zero-order chi connectivity index (χ0) is 22.4. The molecule has 0 aromatic heterocycles. The molecule has 2 aliphatic carbocycles. The highest BCUT2D eigenvalue weighted by molar-refractivity contribution is 9.12. The van der Waals surface area contributed by atoms with E-state index in [9.17, 15) is 19.2 Å². The van der Waals surface area contributed by atoms with E-state index >= 15 is 0 Å². The van der Waals surface area contributed by atoms with Crippen LogP contribution in [0.25, 0.3) is 0 Å². The Labute approximate surface area is 197 Å². The van der Waals surface area contributed by atoms with Crippen molar-refractivity contribution in [3.8, 4) is 0 Å². The summed E-state index contributed by atoms with van der Waals surface area (Å²) in [5.74, 6) is -1.74. The first kappa shape index (κ1) is 22.5. The molecule has 166 valence electrons. The molecule has 1 N–H and O–H groups in total. The molecule has 1 aromatic carbocycles. The van der Waals surface area contributed by atoms with Crippen LogP contribution in [0.3, 0.4) is 0 Å². The number of para-hydroxylation sites is 1. The van der Waals surface area contributed by atoms with Crippen molar-refractivity contribution in [1.29, 1.82) is 0 Å². The van der Waals surface area contributed by atoms with Crippen molar-refractivity contribution in [2.45, 2.75) is 36.3 Å². The highest BCUT2D eigenvalue weighted by Crippen LogP contribution is 2.60. The number of aryl methyl sites for hydroxylation is 2. The second-order valence-corrected chi connectivity index (χ2v) is 10.7. The zero-order valence-corrected chi connectivity index (χ0v) is 20.4. The second kappa shape index (κ2) is 8.65. The SMILES string of the molecule is Cc1cccc(C)c1NC(=O)COC(=O)CCN1C(=O)[C@@H]2[C@H]3C[C@@H]([C@@H](Br)[C@H]3Br)[C@H]2C1=O. The van der Waals surface area contributed by atoms with Crippen molar-refractivity contribution in [2.24, 2.45) is 23.7 Å². The molecule has 9 heteroatoms. The van der Waals surface area contributed by atoms with E-state index in [1.165, 1.54) is 4.90 Å². The summed E-state index contributed by atoms with van der Waals surface area (Å²) in [6.07, 6.45) is 0.739. The quantitative estimate of drug-likeness (QED) is 0.331. The molecule has 31 heavy (non-hydrogen) atoms. The number of nitrogens with one attached hydrogen (secondary N) is 1. The molecule has 7 nitrogen and oxygen atoms in total. The Morgan fingerprint density at radius 3 is 2.16 bits per heavy atom. The molecule has 0 radical (unpaired) electrons.